The number of benzene rings is 2. The Morgan fingerprint density at radius 3 is 2.72 bits per heavy atom. The summed E-state index contributed by atoms with van der Waals surface area (Å²) in [5, 5.41) is 14.5. The summed E-state index contributed by atoms with van der Waals surface area (Å²) < 4.78 is 1.19. The number of hydrogen-bond donors (Lipinski definition) is 3. The first-order valence-electron chi connectivity index (χ1n) is 9.21. The molecule has 7 nitrogen and oxygen atoms in total. The Kier molecular flexibility index (Phi) is 5.28. The van der Waals surface area contributed by atoms with Crippen molar-refractivity contribution in [3.8, 4) is 10.4 Å². The van der Waals surface area contributed by atoms with E-state index in [9.17, 15) is 9.59 Å². The van der Waals surface area contributed by atoms with Crippen molar-refractivity contribution in [3.63, 3.8) is 0 Å². The van der Waals surface area contributed by atoms with Crippen LogP contribution in [0.5, 0.6) is 0 Å². The van der Waals surface area contributed by atoms with Crippen molar-refractivity contribution in [3.05, 3.63) is 48.7 Å². The second kappa shape index (κ2) is 8.02. The molecule has 0 saturated carbocycles. The molecular formula is C21H21N5O2S. The van der Waals surface area contributed by atoms with Gasteiger partial charge >= 0.3 is 11.8 Å². The van der Waals surface area contributed by atoms with E-state index in [4.69, 9.17) is 0 Å². The van der Waals surface area contributed by atoms with Gasteiger partial charge in [0.2, 0.25) is 0 Å². The van der Waals surface area contributed by atoms with Crippen LogP contribution in [0.2, 0.25) is 0 Å². The van der Waals surface area contributed by atoms with E-state index in [0.717, 1.165) is 26.7 Å². The number of hydrogen-bond acceptors (Lipinski definition) is 5. The van der Waals surface area contributed by atoms with E-state index in [1.807, 2.05) is 37.2 Å². The number of fused-ring (bicyclic) bond motifs is 2. The molecule has 2 aromatic carbocycles. The molecule has 0 aliphatic carbocycles. The van der Waals surface area contributed by atoms with Gasteiger partial charge in [-0.25, -0.2) is 0 Å². The number of H-pyrrole nitrogens is 1. The van der Waals surface area contributed by atoms with Crippen LogP contribution in [0.25, 0.3) is 31.4 Å². The van der Waals surface area contributed by atoms with Crippen LogP contribution < -0.4 is 10.6 Å². The summed E-state index contributed by atoms with van der Waals surface area (Å²) in [7, 11) is 3.81. The number of nitrogens with zero attached hydrogens (tertiary/aromatic N) is 2. The molecule has 0 bridgehead atoms. The van der Waals surface area contributed by atoms with Gasteiger partial charge in [-0.1, -0.05) is 18.2 Å². The molecule has 0 atom stereocenters. The molecule has 0 unspecified atom stereocenters. The molecule has 0 saturated heterocycles. The fourth-order valence-corrected chi connectivity index (χ4v) is 4.18. The summed E-state index contributed by atoms with van der Waals surface area (Å²) in [5.74, 6) is -1.34. The summed E-state index contributed by atoms with van der Waals surface area (Å²) in [6, 6.07) is 14.0. The van der Waals surface area contributed by atoms with Crippen LogP contribution in [0, 0.1) is 0 Å². The van der Waals surface area contributed by atoms with Crippen LogP contribution in [0.1, 0.15) is 0 Å². The van der Waals surface area contributed by atoms with Gasteiger partial charge in [0.25, 0.3) is 0 Å². The Labute approximate surface area is 171 Å². The molecule has 2 aromatic heterocycles. The highest BCUT2D eigenvalue weighted by Gasteiger charge is 2.16. The molecule has 2 heterocycles. The van der Waals surface area contributed by atoms with Gasteiger partial charge in [0.05, 0.1) is 11.7 Å². The van der Waals surface area contributed by atoms with E-state index in [-0.39, 0.29) is 0 Å². The summed E-state index contributed by atoms with van der Waals surface area (Å²) in [6.07, 6.45) is 1.71. The molecule has 2 amide bonds. The number of anilines is 1. The lowest BCUT2D eigenvalue weighted by atomic mass is 10.1. The fraction of sp³-hybridized carbons (Fsp3) is 0.190. The lowest BCUT2D eigenvalue weighted by Crippen LogP contribution is -2.38. The summed E-state index contributed by atoms with van der Waals surface area (Å²) >= 11 is 1.67. The first kappa shape index (κ1) is 19.1. The lowest BCUT2D eigenvalue weighted by Gasteiger charge is -2.11. The number of aromatic amines is 1. The third kappa shape index (κ3) is 4.13. The molecule has 0 radical (unpaired) electrons. The topological polar surface area (TPSA) is 90.1 Å². The maximum absolute atomic E-state index is 12.3. The Morgan fingerprint density at radius 1 is 1.10 bits per heavy atom. The number of likely N-dealkylation sites (N-methyl/N-ethyl adjacent to an activating group) is 1. The highest BCUT2D eigenvalue weighted by atomic mass is 32.1. The van der Waals surface area contributed by atoms with E-state index in [1.165, 1.54) is 4.70 Å². The van der Waals surface area contributed by atoms with Crippen LogP contribution in [-0.2, 0) is 9.59 Å². The maximum Gasteiger partial charge on any atom is 0.313 e. The van der Waals surface area contributed by atoms with Crippen LogP contribution in [0.4, 0.5) is 5.69 Å². The van der Waals surface area contributed by atoms with Gasteiger partial charge in [-0.15, -0.1) is 11.3 Å². The Hall–Kier alpha value is -3.23. The van der Waals surface area contributed by atoms with Gasteiger partial charge < -0.3 is 15.5 Å². The van der Waals surface area contributed by atoms with Crippen molar-refractivity contribution >= 4 is 49.8 Å². The highest BCUT2D eigenvalue weighted by Crippen LogP contribution is 2.38. The first-order valence-corrected chi connectivity index (χ1v) is 10.0. The normalized spacial score (nSPS) is 11.3. The van der Waals surface area contributed by atoms with Gasteiger partial charge in [-0.05, 0) is 43.7 Å². The molecule has 3 N–H and O–H groups in total. The van der Waals surface area contributed by atoms with Gasteiger partial charge in [-0.3, -0.25) is 14.7 Å². The lowest BCUT2D eigenvalue weighted by molar-refractivity contribution is -0.136. The number of nitrogens with one attached hydrogen (secondary N) is 3. The second-order valence-corrected chi connectivity index (χ2v) is 8.10. The average molecular weight is 407 g/mol. The predicted octanol–water partition coefficient (Wildman–Crippen LogP) is 3.06. The third-order valence-corrected chi connectivity index (χ3v) is 5.70. The van der Waals surface area contributed by atoms with Gasteiger partial charge in [0, 0.05) is 39.3 Å². The molecule has 148 valence electrons. The van der Waals surface area contributed by atoms with E-state index in [1.54, 1.807) is 23.6 Å². The van der Waals surface area contributed by atoms with Crippen molar-refractivity contribution in [2.24, 2.45) is 0 Å². The maximum atomic E-state index is 12.3. The standard InChI is InChI=1S/C21H21N5O2S/c1-26(2)8-7-22-20(27)21(28)24-15-9-14-12-23-25-19(14)16(11-15)18-10-13-5-3-4-6-17(13)29-18/h3-6,9-12H,7-8H2,1-2H3,(H,22,27)(H,23,25)(H,24,28). The summed E-state index contributed by atoms with van der Waals surface area (Å²) in [4.78, 5) is 27.3. The molecule has 0 spiro atoms. The van der Waals surface area contributed by atoms with E-state index in [2.05, 4.69) is 39.0 Å². The smallest absolute Gasteiger partial charge is 0.313 e. The average Bonchev–Trinajstić information content (AvgIpc) is 3.33. The zero-order chi connectivity index (χ0) is 20.4. The minimum Gasteiger partial charge on any atom is -0.347 e. The Bertz CT molecular complexity index is 1160. The minimum absolute atomic E-state index is 0.410. The molecule has 4 aromatic rings. The molecule has 0 aliphatic heterocycles. The summed E-state index contributed by atoms with van der Waals surface area (Å²) in [5.41, 5.74) is 2.38. The van der Waals surface area contributed by atoms with Crippen LogP contribution >= 0.6 is 11.3 Å². The number of carbonyl (C=O) groups is 2. The quantitative estimate of drug-likeness (QED) is 0.444. The minimum atomic E-state index is -0.686. The van der Waals surface area contributed by atoms with Crippen LogP contribution in [0.15, 0.2) is 48.7 Å². The molecular weight excluding hydrogens is 386 g/mol. The zero-order valence-corrected chi connectivity index (χ0v) is 17.0. The molecule has 0 fully saturated rings. The molecule has 4 rings (SSSR count). The van der Waals surface area contributed by atoms with E-state index < -0.39 is 11.8 Å². The number of carbonyl (C=O) groups excluding carboxylic acids is 2. The monoisotopic (exact) mass is 407 g/mol. The van der Waals surface area contributed by atoms with Gasteiger partial charge in [0.15, 0.2) is 0 Å². The Balaban J connectivity index is 1.61. The molecule has 0 aliphatic rings. The van der Waals surface area contributed by atoms with Gasteiger partial charge in [0.1, 0.15) is 0 Å². The van der Waals surface area contributed by atoms with Gasteiger partial charge in [-0.2, -0.15) is 5.10 Å². The highest BCUT2D eigenvalue weighted by molar-refractivity contribution is 7.22. The number of rotatable bonds is 5. The number of thiophene rings is 1. The number of amides is 2. The van der Waals surface area contributed by atoms with Crippen LogP contribution in [-0.4, -0.2) is 54.1 Å². The second-order valence-electron chi connectivity index (χ2n) is 7.02. The van der Waals surface area contributed by atoms with Crippen molar-refractivity contribution in [2.45, 2.75) is 0 Å². The van der Waals surface area contributed by atoms with Crippen molar-refractivity contribution < 1.29 is 9.59 Å². The van der Waals surface area contributed by atoms with Crippen molar-refractivity contribution in [2.75, 3.05) is 32.5 Å². The van der Waals surface area contributed by atoms with Crippen molar-refractivity contribution in [1.82, 2.24) is 20.4 Å². The third-order valence-electron chi connectivity index (χ3n) is 4.55. The van der Waals surface area contributed by atoms with Crippen LogP contribution in [0.3, 0.4) is 0 Å². The van der Waals surface area contributed by atoms with Crippen molar-refractivity contribution in [1.29, 1.82) is 0 Å². The fourth-order valence-electron chi connectivity index (χ4n) is 3.10. The first-order chi connectivity index (χ1) is 14.0. The SMILES string of the molecule is CN(C)CCNC(=O)C(=O)Nc1cc(-c2cc3ccccc3s2)c2[nH]ncc2c1. The molecule has 8 heteroatoms. The largest absolute Gasteiger partial charge is 0.347 e. The van der Waals surface area contributed by atoms with E-state index >= 15 is 0 Å². The number of aromatic nitrogens is 2. The zero-order valence-electron chi connectivity index (χ0n) is 16.2. The summed E-state index contributed by atoms with van der Waals surface area (Å²) in [6.45, 7) is 1.07. The van der Waals surface area contributed by atoms with E-state index in [0.29, 0.717) is 18.8 Å². The Morgan fingerprint density at radius 2 is 1.93 bits per heavy atom. The molecule has 29 heavy (non-hydrogen) atoms. The predicted molar refractivity (Wildman–Crippen MR) is 117 cm³/mol.